The summed E-state index contributed by atoms with van der Waals surface area (Å²) in [5, 5.41) is 13.4. The van der Waals surface area contributed by atoms with Crippen molar-refractivity contribution >= 4 is 0 Å². The summed E-state index contributed by atoms with van der Waals surface area (Å²) >= 11 is 0. The molecule has 0 aliphatic heterocycles. The fourth-order valence-corrected chi connectivity index (χ4v) is 1.57. The monoisotopic (exact) mass is 256 g/mol. The molecule has 0 fully saturated rings. The van der Waals surface area contributed by atoms with Crippen LogP contribution in [0.5, 0.6) is 0 Å². The third-order valence-corrected chi connectivity index (χ3v) is 2.50. The summed E-state index contributed by atoms with van der Waals surface area (Å²) in [6.07, 6.45) is -3.66. The van der Waals surface area contributed by atoms with E-state index in [0.717, 1.165) is 17.1 Å². The predicted molar refractivity (Wildman–Crippen MR) is 58.6 cm³/mol. The Morgan fingerprint density at radius 3 is 2.44 bits per heavy atom. The molecule has 18 heavy (non-hydrogen) atoms. The first kappa shape index (κ1) is 12.6. The summed E-state index contributed by atoms with van der Waals surface area (Å²) < 4.78 is 38.1. The first-order valence-electron chi connectivity index (χ1n) is 5.29. The van der Waals surface area contributed by atoms with Crippen molar-refractivity contribution in [2.75, 3.05) is 0 Å². The zero-order valence-corrected chi connectivity index (χ0v) is 9.30. The Morgan fingerprint density at radius 2 is 1.89 bits per heavy atom. The van der Waals surface area contributed by atoms with Gasteiger partial charge in [0, 0.05) is 6.20 Å². The van der Waals surface area contributed by atoms with Gasteiger partial charge in [0.1, 0.15) is 0 Å². The Balaban J connectivity index is 2.08. The number of halogens is 3. The Bertz CT molecular complexity index is 508. The van der Waals surface area contributed by atoms with E-state index in [1.165, 1.54) is 0 Å². The van der Waals surface area contributed by atoms with Crippen LogP contribution in [-0.4, -0.2) is 14.9 Å². The molecular weight excluding hydrogens is 245 g/mol. The van der Waals surface area contributed by atoms with Gasteiger partial charge >= 0.3 is 6.18 Å². The largest absolute Gasteiger partial charge is 0.419 e. The Labute approximate surface area is 101 Å². The maximum atomic E-state index is 12.3. The van der Waals surface area contributed by atoms with Gasteiger partial charge in [-0.25, -0.2) is 0 Å². The minimum absolute atomic E-state index is 0.0138. The van der Waals surface area contributed by atoms with Gasteiger partial charge < -0.3 is 5.11 Å². The van der Waals surface area contributed by atoms with E-state index < -0.39 is 17.8 Å². The SMILES string of the molecule is OC(Cn1cc(C(F)(F)F)cn1)c1ccccc1. The third-order valence-electron chi connectivity index (χ3n) is 2.50. The van der Waals surface area contributed by atoms with Gasteiger partial charge in [0.25, 0.3) is 0 Å². The van der Waals surface area contributed by atoms with Crippen LogP contribution < -0.4 is 0 Å². The molecule has 96 valence electrons. The van der Waals surface area contributed by atoms with Crippen molar-refractivity contribution in [2.45, 2.75) is 18.8 Å². The molecular formula is C12H11F3N2O. The van der Waals surface area contributed by atoms with Crippen LogP contribution in [0.2, 0.25) is 0 Å². The highest BCUT2D eigenvalue weighted by Gasteiger charge is 2.32. The molecule has 3 nitrogen and oxygen atoms in total. The summed E-state index contributed by atoms with van der Waals surface area (Å²) in [6, 6.07) is 8.72. The van der Waals surface area contributed by atoms with Gasteiger partial charge in [-0.05, 0) is 5.56 Å². The van der Waals surface area contributed by atoms with Crippen molar-refractivity contribution in [3.05, 3.63) is 53.9 Å². The van der Waals surface area contributed by atoms with E-state index in [1.807, 2.05) is 0 Å². The van der Waals surface area contributed by atoms with E-state index >= 15 is 0 Å². The van der Waals surface area contributed by atoms with Crippen LogP contribution in [0.25, 0.3) is 0 Å². The molecule has 0 spiro atoms. The van der Waals surface area contributed by atoms with Crippen LogP contribution >= 0.6 is 0 Å². The summed E-state index contributed by atoms with van der Waals surface area (Å²) in [7, 11) is 0. The Kier molecular flexibility index (Phi) is 3.38. The zero-order valence-electron chi connectivity index (χ0n) is 9.30. The lowest BCUT2D eigenvalue weighted by Gasteiger charge is -2.10. The number of aromatic nitrogens is 2. The van der Waals surface area contributed by atoms with Crippen molar-refractivity contribution in [1.29, 1.82) is 0 Å². The second-order valence-corrected chi connectivity index (χ2v) is 3.88. The smallest absolute Gasteiger partial charge is 0.386 e. The van der Waals surface area contributed by atoms with E-state index in [0.29, 0.717) is 5.56 Å². The Morgan fingerprint density at radius 1 is 1.22 bits per heavy atom. The van der Waals surface area contributed by atoms with Crippen molar-refractivity contribution in [3.8, 4) is 0 Å². The lowest BCUT2D eigenvalue weighted by molar-refractivity contribution is -0.137. The van der Waals surface area contributed by atoms with Crippen molar-refractivity contribution in [1.82, 2.24) is 9.78 Å². The molecule has 0 saturated carbocycles. The molecule has 0 radical (unpaired) electrons. The number of nitrogens with zero attached hydrogens (tertiary/aromatic N) is 2. The van der Waals surface area contributed by atoms with Gasteiger partial charge in [0.15, 0.2) is 0 Å². The van der Waals surface area contributed by atoms with Crippen LogP contribution in [0.3, 0.4) is 0 Å². The molecule has 0 aliphatic carbocycles. The van der Waals surface area contributed by atoms with E-state index in [9.17, 15) is 18.3 Å². The molecule has 0 aliphatic rings. The number of benzene rings is 1. The average molecular weight is 256 g/mol. The fraction of sp³-hybridized carbons (Fsp3) is 0.250. The number of aliphatic hydroxyl groups is 1. The van der Waals surface area contributed by atoms with Crippen molar-refractivity contribution < 1.29 is 18.3 Å². The first-order chi connectivity index (χ1) is 8.47. The number of rotatable bonds is 3. The van der Waals surface area contributed by atoms with E-state index in [2.05, 4.69) is 5.10 Å². The topological polar surface area (TPSA) is 38.0 Å². The molecule has 6 heteroatoms. The van der Waals surface area contributed by atoms with Gasteiger partial charge in [-0.2, -0.15) is 18.3 Å². The molecule has 1 N–H and O–H groups in total. The maximum Gasteiger partial charge on any atom is 0.419 e. The number of aliphatic hydroxyl groups excluding tert-OH is 1. The average Bonchev–Trinajstić information content (AvgIpc) is 2.78. The zero-order chi connectivity index (χ0) is 13.2. The third kappa shape index (κ3) is 2.89. The van der Waals surface area contributed by atoms with Gasteiger partial charge in [-0.1, -0.05) is 30.3 Å². The van der Waals surface area contributed by atoms with E-state index in [1.54, 1.807) is 30.3 Å². The van der Waals surface area contributed by atoms with Gasteiger partial charge in [-0.15, -0.1) is 0 Å². The fourth-order valence-electron chi connectivity index (χ4n) is 1.57. The maximum absolute atomic E-state index is 12.3. The number of alkyl halides is 3. The number of hydrogen-bond donors (Lipinski definition) is 1. The molecule has 0 saturated heterocycles. The second-order valence-electron chi connectivity index (χ2n) is 3.88. The lowest BCUT2D eigenvalue weighted by atomic mass is 10.1. The van der Waals surface area contributed by atoms with Crippen LogP contribution in [0, 0.1) is 0 Å². The normalized spacial score (nSPS) is 13.6. The molecule has 1 heterocycles. The van der Waals surface area contributed by atoms with Gasteiger partial charge in [0.05, 0.1) is 24.4 Å². The summed E-state index contributed by atoms with van der Waals surface area (Å²) in [6.45, 7) is -0.0138. The molecule has 2 aromatic rings. The molecule has 1 aromatic carbocycles. The summed E-state index contributed by atoms with van der Waals surface area (Å²) in [5.41, 5.74) is -0.177. The van der Waals surface area contributed by atoms with Crippen LogP contribution in [0.4, 0.5) is 13.2 Å². The molecule has 0 amide bonds. The molecule has 0 bridgehead atoms. The predicted octanol–water partition coefficient (Wildman–Crippen LogP) is 2.64. The molecule has 2 rings (SSSR count). The van der Waals surface area contributed by atoms with Crippen LogP contribution in [0.1, 0.15) is 17.2 Å². The molecule has 1 aromatic heterocycles. The summed E-state index contributed by atoms with van der Waals surface area (Å²) in [4.78, 5) is 0. The van der Waals surface area contributed by atoms with Crippen LogP contribution in [-0.2, 0) is 12.7 Å². The standard InChI is InChI=1S/C12H11F3N2O/c13-12(14,15)10-6-16-17(7-10)8-11(18)9-4-2-1-3-5-9/h1-7,11,18H,8H2. The summed E-state index contributed by atoms with van der Waals surface area (Å²) in [5.74, 6) is 0. The highest BCUT2D eigenvalue weighted by Crippen LogP contribution is 2.28. The highest BCUT2D eigenvalue weighted by molar-refractivity contribution is 5.17. The quantitative estimate of drug-likeness (QED) is 0.916. The first-order valence-corrected chi connectivity index (χ1v) is 5.29. The minimum Gasteiger partial charge on any atom is -0.386 e. The van der Waals surface area contributed by atoms with Crippen LogP contribution in [0.15, 0.2) is 42.7 Å². The van der Waals surface area contributed by atoms with E-state index in [4.69, 9.17) is 0 Å². The number of hydrogen-bond acceptors (Lipinski definition) is 2. The minimum atomic E-state index is -4.41. The molecule has 1 unspecified atom stereocenters. The Hall–Kier alpha value is -1.82. The van der Waals surface area contributed by atoms with Gasteiger partial charge in [0.2, 0.25) is 0 Å². The van der Waals surface area contributed by atoms with Crippen molar-refractivity contribution in [2.24, 2.45) is 0 Å². The lowest BCUT2D eigenvalue weighted by Crippen LogP contribution is -2.09. The molecule has 1 atom stereocenters. The highest BCUT2D eigenvalue weighted by atomic mass is 19.4. The van der Waals surface area contributed by atoms with E-state index in [-0.39, 0.29) is 6.54 Å². The van der Waals surface area contributed by atoms with Gasteiger partial charge in [-0.3, -0.25) is 4.68 Å². The second kappa shape index (κ2) is 4.81. The van der Waals surface area contributed by atoms with Crippen molar-refractivity contribution in [3.63, 3.8) is 0 Å².